The van der Waals surface area contributed by atoms with E-state index in [9.17, 15) is 4.79 Å². The van der Waals surface area contributed by atoms with Crippen LogP contribution in [0.2, 0.25) is 0 Å². The van der Waals surface area contributed by atoms with Crippen LogP contribution in [0, 0.1) is 0 Å². The summed E-state index contributed by atoms with van der Waals surface area (Å²) < 4.78 is 5.09. The van der Waals surface area contributed by atoms with Crippen molar-refractivity contribution < 1.29 is 9.53 Å². The Balaban J connectivity index is 1.94. The lowest BCUT2D eigenvalue weighted by Gasteiger charge is -2.06. The number of carbonyl (C=O) groups is 1. The minimum atomic E-state index is -0.182. The Kier molecular flexibility index (Phi) is 5.23. The van der Waals surface area contributed by atoms with Crippen LogP contribution in [0.25, 0.3) is 0 Å². The highest BCUT2D eigenvalue weighted by Gasteiger charge is 2.09. The van der Waals surface area contributed by atoms with Gasteiger partial charge in [0, 0.05) is 25.6 Å². The SMILES string of the molecule is COCc1cccc(CNC(=O)c2csc(CN)n2)c1. The van der Waals surface area contributed by atoms with E-state index in [1.165, 1.54) is 11.3 Å². The lowest BCUT2D eigenvalue weighted by atomic mass is 10.1. The molecule has 2 rings (SSSR count). The number of hydrogen-bond donors (Lipinski definition) is 2. The molecule has 0 saturated heterocycles. The van der Waals surface area contributed by atoms with Gasteiger partial charge < -0.3 is 15.8 Å². The molecule has 0 atom stereocenters. The largest absolute Gasteiger partial charge is 0.380 e. The van der Waals surface area contributed by atoms with E-state index in [1.807, 2.05) is 24.3 Å². The van der Waals surface area contributed by atoms with Crippen molar-refractivity contribution in [2.45, 2.75) is 19.7 Å². The standard InChI is InChI=1S/C14H17N3O2S/c1-19-8-11-4-2-3-10(5-11)7-16-14(18)12-9-20-13(6-15)17-12/h2-5,9H,6-8,15H2,1H3,(H,16,18). The molecular formula is C14H17N3O2S. The van der Waals surface area contributed by atoms with Crippen molar-refractivity contribution >= 4 is 17.2 Å². The first-order chi connectivity index (χ1) is 9.72. The third-order valence-corrected chi connectivity index (χ3v) is 3.59. The van der Waals surface area contributed by atoms with Crippen LogP contribution in [0.1, 0.15) is 26.6 Å². The van der Waals surface area contributed by atoms with Gasteiger partial charge in [0.25, 0.3) is 5.91 Å². The third kappa shape index (κ3) is 3.86. The molecule has 0 aliphatic rings. The van der Waals surface area contributed by atoms with Crippen LogP contribution in [0.3, 0.4) is 0 Å². The fourth-order valence-electron chi connectivity index (χ4n) is 1.78. The van der Waals surface area contributed by atoms with Gasteiger partial charge in [-0.25, -0.2) is 4.98 Å². The van der Waals surface area contributed by atoms with Crippen LogP contribution < -0.4 is 11.1 Å². The number of nitrogens with one attached hydrogen (secondary N) is 1. The van der Waals surface area contributed by atoms with Gasteiger partial charge in [0.15, 0.2) is 0 Å². The first-order valence-electron chi connectivity index (χ1n) is 6.22. The maximum atomic E-state index is 11.9. The van der Waals surface area contributed by atoms with E-state index in [-0.39, 0.29) is 5.91 Å². The van der Waals surface area contributed by atoms with Crippen molar-refractivity contribution in [3.05, 3.63) is 51.5 Å². The van der Waals surface area contributed by atoms with Crippen molar-refractivity contribution in [3.8, 4) is 0 Å². The van der Waals surface area contributed by atoms with Crippen LogP contribution in [0.15, 0.2) is 29.6 Å². The van der Waals surface area contributed by atoms with E-state index in [2.05, 4.69) is 10.3 Å². The van der Waals surface area contributed by atoms with Gasteiger partial charge in [0.05, 0.1) is 6.61 Å². The number of amides is 1. The molecule has 0 unspecified atom stereocenters. The van der Waals surface area contributed by atoms with Gasteiger partial charge in [0.2, 0.25) is 0 Å². The van der Waals surface area contributed by atoms with E-state index < -0.39 is 0 Å². The molecule has 1 aromatic carbocycles. The van der Waals surface area contributed by atoms with Gasteiger partial charge >= 0.3 is 0 Å². The number of nitrogens with zero attached hydrogens (tertiary/aromatic N) is 1. The average molecular weight is 291 g/mol. The summed E-state index contributed by atoms with van der Waals surface area (Å²) >= 11 is 1.40. The average Bonchev–Trinajstić information content (AvgIpc) is 2.94. The molecule has 2 aromatic rings. The van der Waals surface area contributed by atoms with Crippen molar-refractivity contribution in [2.75, 3.05) is 7.11 Å². The number of aromatic nitrogens is 1. The summed E-state index contributed by atoms with van der Waals surface area (Å²) in [5.41, 5.74) is 8.01. The van der Waals surface area contributed by atoms with Gasteiger partial charge in [-0.15, -0.1) is 11.3 Å². The van der Waals surface area contributed by atoms with Crippen molar-refractivity contribution in [3.63, 3.8) is 0 Å². The normalized spacial score (nSPS) is 10.5. The molecule has 0 radical (unpaired) electrons. The number of rotatable bonds is 6. The molecule has 106 valence electrons. The molecule has 1 amide bonds. The molecule has 0 fully saturated rings. The number of carbonyl (C=O) groups excluding carboxylic acids is 1. The Hall–Kier alpha value is -1.76. The van der Waals surface area contributed by atoms with Crippen LogP contribution >= 0.6 is 11.3 Å². The number of ether oxygens (including phenoxy) is 1. The molecule has 1 heterocycles. The summed E-state index contributed by atoms with van der Waals surface area (Å²) in [6.45, 7) is 1.39. The molecule has 0 spiro atoms. The smallest absolute Gasteiger partial charge is 0.271 e. The van der Waals surface area contributed by atoms with Crippen LogP contribution in [-0.4, -0.2) is 18.0 Å². The molecule has 0 bridgehead atoms. The van der Waals surface area contributed by atoms with E-state index in [0.29, 0.717) is 25.4 Å². The minimum absolute atomic E-state index is 0.182. The minimum Gasteiger partial charge on any atom is -0.380 e. The highest BCUT2D eigenvalue weighted by Crippen LogP contribution is 2.10. The molecule has 0 saturated carbocycles. The summed E-state index contributed by atoms with van der Waals surface area (Å²) in [6.07, 6.45) is 0. The quantitative estimate of drug-likeness (QED) is 0.849. The number of benzene rings is 1. The molecule has 6 heteroatoms. The Morgan fingerprint density at radius 3 is 2.95 bits per heavy atom. The zero-order valence-corrected chi connectivity index (χ0v) is 12.1. The van der Waals surface area contributed by atoms with Crippen LogP contribution in [-0.2, 0) is 24.4 Å². The van der Waals surface area contributed by atoms with Crippen molar-refractivity contribution in [2.24, 2.45) is 5.73 Å². The molecule has 5 nitrogen and oxygen atoms in total. The fourth-order valence-corrected chi connectivity index (χ4v) is 2.43. The predicted octanol–water partition coefficient (Wildman–Crippen LogP) is 1.68. The maximum Gasteiger partial charge on any atom is 0.271 e. The summed E-state index contributed by atoms with van der Waals surface area (Å²) in [7, 11) is 1.66. The second-order valence-corrected chi connectivity index (χ2v) is 5.21. The molecule has 0 aliphatic heterocycles. The lowest BCUT2D eigenvalue weighted by Crippen LogP contribution is -2.23. The van der Waals surface area contributed by atoms with Crippen molar-refractivity contribution in [1.29, 1.82) is 0 Å². The number of nitrogens with two attached hydrogens (primary N) is 1. The summed E-state index contributed by atoms with van der Waals surface area (Å²) in [6, 6.07) is 7.91. The molecule has 20 heavy (non-hydrogen) atoms. The van der Waals surface area contributed by atoms with Gasteiger partial charge in [-0.3, -0.25) is 4.79 Å². The van der Waals surface area contributed by atoms with Gasteiger partial charge in [-0.2, -0.15) is 0 Å². The second kappa shape index (κ2) is 7.14. The Morgan fingerprint density at radius 2 is 2.25 bits per heavy atom. The van der Waals surface area contributed by atoms with E-state index in [4.69, 9.17) is 10.5 Å². The molecule has 1 aromatic heterocycles. The molecular weight excluding hydrogens is 274 g/mol. The zero-order chi connectivity index (χ0) is 14.4. The van der Waals surface area contributed by atoms with Crippen LogP contribution in [0.5, 0.6) is 0 Å². The Morgan fingerprint density at radius 1 is 1.45 bits per heavy atom. The highest BCUT2D eigenvalue weighted by atomic mass is 32.1. The van der Waals surface area contributed by atoms with Crippen molar-refractivity contribution in [1.82, 2.24) is 10.3 Å². The zero-order valence-electron chi connectivity index (χ0n) is 11.3. The predicted molar refractivity (Wildman–Crippen MR) is 78.3 cm³/mol. The molecule has 3 N–H and O–H groups in total. The number of thiazole rings is 1. The first-order valence-corrected chi connectivity index (χ1v) is 7.10. The van der Waals surface area contributed by atoms with Gasteiger partial charge in [-0.1, -0.05) is 24.3 Å². The number of hydrogen-bond acceptors (Lipinski definition) is 5. The summed E-state index contributed by atoms with van der Waals surface area (Å²) in [4.78, 5) is 16.1. The van der Waals surface area contributed by atoms with Crippen LogP contribution in [0.4, 0.5) is 0 Å². The number of methoxy groups -OCH3 is 1. The maximum absolute atomic E-state index is 11.9. The third-order valence-electron chi connectivity index (χ3n) is 2.71. The van der Waals surface area contributed by atoms with E-state index in [1.54, 1.807) is 12.5 Å². The van der Waals surface area contributed by atoms with E-state index >= 15 is 0 Å². The summed E-state index contributed by atoms with van der Waals surface area (Å²) in [5.74, 6) is -0.182. The fraction of sp³-hybridized carbons (Fsp3) is 0.286. The highest BCUT2D eigenvalue weighted by molar-refractivity contribution is 7.09. The molecule has 0 aliphatic carbocycles. The van der Waals surface area contributed by atoms with Gasteiger partial charge in [0.1, 0.15) is 10.7 Å². The van der Waals surface area contributed by atoms with E-state index in [0.717, 1.165) is 16.1 Å². The first kappa shape index (κ1) is 14.6. The Bertz CT molecular complexity index is 583. The van der Waals surface area contributed by atoms with Gasteiger partial charge in [-0.05, 0) is 11.1 Å². The Labute approximate surface area is 121 Å². The topological polar surface area (TPSA) is 77.2 Å². The second-order valence-electron chi connectivity index (χ2n) is 4.27. The summed E-state index contributed by atoms with van der Waals surface area (Å²) in [5, 5.41) is 5.33. The monoisotopic (exact) mass is 291 g/mol. The lowest BCUT2D eigenvalue weighted by molar-refractivity contribution is 0.0946.